The van der Waals surface area contributed by atoms with E-state index in [2.05, 4.69) is 20.9 Å². The van der Waals surface area contributed by atoms with E-state index in [1.165, 1.54) is 18.3 Å². The topological polar surface area (TPSA) is 45.9 Å². The van der Waals surface area contributed by atoms with Gasteiger partial charge in [-0.3, -0.25) is 4.98 Å². The zero-order valence-corrected chi connectivity index (χ0v) is 12.3. The van der Waals surface area contributed by atoms with Crippen molar-refractivity contribution < 1.29 is 9.13 Å². The fraction of sp³-hybridized carbons (Fsp3) is 0. The fourth-order valence-corrected chi connectivity index (χ4v) is 2.46. The summed E-state index contributed by atoms with van der Waals surface area (Å²) in [5, 5.41) is 9.92. The highest BCUT2D eigenvalue weighted by Gasteiger charge is 2.12. The number of hydrogen-bond acceptors (Lipinski definition) is 3. The van der Waals surface area contributed by atoms with E-state index in [-0.39, 0.29) is 0 Å². The van der Waals surface area contributed by atoms with Gasteiger partial charge in [0.1, 0.15) is 23.2 Å². The molecule has 0 aliphatic rings. The Balaban J connectivity index is 2.17. The first-order chi connectivity index (χ1) is 10.2. The molecule has 1 aromatic heterocycles. The molecule has 0 aliphatic carbocycles. The molecule has 1 heterocycles. The monoisotopic (exact) mass is 342 g/mol. The van der Waals surface area contributed by atoms with Crippen LogP contribution in [-0.2, 0) is 0 Å². The zero-order chi connectivity index (χ0) is 14.8. The van der Waals surface area contributed by atoms with Crippen molar-refractivity contribution in [2.24, 2.45) is 0 Å². The van der Waals surface area contributed by atoms with Gasteiger partial charge in [0.2, 0.25) is 0 Å². The second-order valence-corrected chi connectivity index (χ2v) is 5.25. The summed E-state index contributed by atoms with van der Waals surface area (Å²) in [6, 6.07) is 13.6. The summed E-state index contributed by atoms with van der Waals surface area (Å²) in [6.07, 6.45) is 1.45. The van der Waals surface area contributed by atoms with Crippen molar-refractivity contribution in [2.75, 3.05) is 0 Å². The highest BCUT2D eigenvalue weighted by molar-refractivity contribution is 9.10. The summed E-state index contributed by atoms with van der Waals surface area (Å²) in [5.74, 6) is 0.270. The number of aromatic nitrogens is 1. The van der Waals surface area contributed by atoms with Crippen LogP contribution in [0.25, 0.3) is 10.9 Å². The van der Waals surface area contributed by atoms with Crippen molar-refractivity contribution in [1.29, 1.82) is 5.26 Å². The van der Waals surface area contributed by atoms with Crippen LogP contribution >= 0.6 is 15.9 Å². The maximum Gasteiger partial charge on any atom is 0.156 e. The van der Waals surface area contributed by atoms with E-state index in [4.69, 9.17) is 4.74 Å². The molecule has 21 heavy (non-hydrogen) atoms. The van der Waals surface area contributed by atoms with E-state index in [1.807, 2.05) is 30.3 Å². The van der Waals surface area contributed by atoms with E-state index < -0.39 is 5.82 Å². The van der Waals surface area contributed by atoms with Crippen LogP contribution in [0.5, 0.6) is 11.5 Å². The van der Waals surface area contributed by atoms with Crippen molar-refractivity contribution >= 4 is 26.8 Å². The van der Waals surface area contributed by atoms with Gasteiger partial charge in [0, 0.05) is 22.1 Å². The summed E-state index contributed by atoms with van der Waals surface area (Å²) in [7, 11) is 0. The Morgan fingerprint density at radius 2 is 2.00 bits per heavy atom. The largest absolute Gasteiger partial charge is 0.455 e. The van der Waals surface area contributed by atoms with Crippen LogP contribution in [0.1, 0.15) is 5.56 Å². The van der Waals surface area contributed by atoms with Crippen molar-refractivity contribution in [3.8, 4) is 17.6 Å². The lowest BCUT2D eigenvalue weighted by Crippen LogP contribution is -1.93. The van der Waals surface area contributed by atoms with Crippen LogP contribution in [0.15, 0.2) is 53.1 Å². The standard InChI is InChI=1S/C16H8BrFN2O/c17-11-5-12(18)7-13(6-11)21-16-10(8-19)9-20-15-4-2-1-3-14(15)16/h1-7,9H. The summed E-state index contributed by atoms with van der Waals surface area (Å²) in [6.45, 7) is 0. The van der Waals surface area contributed by atoms with E-state index in [9.17, 15) is 9.65 Å². The third-order valence-corrected chi connectivity index (χ3v) is 3.36. The van der Waals surface area contributed by atoms with Crippen LogP contribution < -0.4 is 4.74 Å². The van der Waals surface area contributed by atoms with Crippen LogP contribution in [0.2, 0.25) is 0 Å². The highest BCUT2D eigenvalue weighted by Crippen LogP contribution is 2.33. The van der Waals surface area contributed by atoms with Gasteiger partial charge in [-0.15, -0.1) is 0 Å². The van der Waals surface area contributed by atoms with Crippen molar-refractivity contribution in [1.82, 2.24) is 4.98 Å². The van der Waals surface area contributed by atoms with Gasteiger partial charge in [-0.05, 0) is 24.3 Å². The average Bonchev–Trinajstić information content (AvgIpc) is 2.46. The van der Waals surface area contributed by atoms with Gasteiger partial charge in [-0.2, -0.15) is 5.26 Å². The van der Waals surface area contributed by atoms with Crippen LogP contribution in [-0.4, -0.2) is 4.98 Å². The Kier molecular flexibility index (Phi) is 3.55. The van der Waals surface area contributed by atoms with Crippen molar-refractivity contribution in [3.63, 3.8) is 0 Å². The summed E-state index contributed by atoms with van der Waals surface area (Å²) in [4.78, 5) is 4.20. The number of para-hydroxylation sites is 1. The zero-order valence-electron chi connectivity index (χ0n) is 10.7. The first-order valence-electron chi connectivity index (χ1n) is 6.09. The van der Waals surface area contributed by atoms with Crippen molar-refractivity contribution in [2.45, 2.75) is 0 Å². The summed E-state index contributed by atoms with van der Waals surface area (Å²) < 4.78 is 19.7. The molecule has 0 atom stereocenters. The molecule has 0 saturated carbocycles. The summed E-state index contributed by atoms with van der Waals surface area (Å²) >= 11 is 3.21. The Morgan fingerprint density at radius 3 is 2.76 bits per heavy atom. The first kappa shape index (κ1) is 13.5. The lowest BCUT2D eigenvalue weighted by Gasteiger charge is -2.10. The SMILES string of the molecule is N#Cc1cnc2ccccc2c1Oc1cc(F)cc(Br)c1. The second-order valence-electron chi connectivity index (χ2n) is 4.34. The minimum atomic E-state index is -0.420. The number of nitrogens with zero attached hydrogens (tertiary/aromatic N) is 2. The van der Waals surface area contributed by atoms with E-state index in [0.717, 1.165) is 0 Å². The van der Waals surface area contributed by atoms with Gasteiger partial charge in [0.15, 0.2) is 5.75 Å². The maximum atomic E-state index is 13.4. The molecule has 0 amide bonds. The molecule has 0 fully saturated rings. The van der Waals surface area contributed by atoms with Gasteiger partial charge in [-0.25, -0.2) is 4.39 Å². The molecule has 0 aliphatic heterocycles. The van der Waals surface area contributed by atoms with Gasteiger partial charge in [0.25, 0.3) is 0 Å². The van der Waals surface area contributed by atoms with E-state index in [0.29, 0.717) is 32.4 Å². The lowest BCUT2D eigenvalue weighted by atomic mass is 10.1. The minimum Gasteiger partial charge on any atom is -0.455 e. The minimum absolute atomic E-state index is 0.300. The number of nitriles is 1. The van der Waals surface area contributed by atoms with Gasteiger partial charge < -0.3 is 4.74 Å². The molecule has 0 unspecified atom stereocenters. The molecule has 0 saturated heterocycles. The molecule has 0 radical (unpaired) electrons. The molecule has 3 aromatic rings. The molecule has 102 valence electrons. The molecule has 5 heteroatoms. The van der Waals surface area contributed by atoms with Crippen LogP contribution in [0, 0.1) is 17.1 Å². The van der Waals surface area contributed by atoms with Crippen molar-refractivity contribution in [3.05, 3.63) is 64.5 Å². The van der Waals surface area contributed by atoms with Gasteiger partial charge >= 0.3 is 0 Å². The lowest BCUT2D eigenvalue weighted by molar-refractivity contribution is 0.479. The Bertz CT molecular complexity index is 854. The number of ether oxygens (including phenoxy) is 1. The van der Waals surface area contributed by atoms with Crippen LogP contribution in [0.3, 0.4) is 0 Å². The number of hydrogen-bond donors (Lipinski definition) is 0. The van der Waals surface area contributed by atoms with Gasteiger partial charge in [0.05, 0.1) is 5.52 Å². The molecule has 0 bridgehead atoms. The number of pyridine rings is 1. The second kappa shape index (κ2) is 5.51. The average molecular weight is 343 g/mol. The normalized spacial score (nSPS) is 10.3. The molecule has 3 rings (SSSR count). The van der Waals surface area contributed by atoms with Gasteiger partial charge in [-0.1, -0.05) is 28.1 Å². The molecule has 2 aromatic carbocycles. The highest BCUT2D eigenvalue weighted by atomic mass is 79.9. The first-order valence-corrected chi connectivity index (χ1v) is 6.88. The molecular weight excluding hydrogens is 335 g/mol. The predicted molar refractivity (Wildman–Crippen MR) is 80.6 cm³/mol. The number of fused-ring (bicyclic) bond motifs is 1. The third-order valence-electron chi connectivity index (χ3n) is 2.90. The Labute approximate surface area is 128 Å². The number of benzene rings is 2. The molecule has 3 nitrogen and oxygen atoms in total. The Hall–Kier alpha value is -2.45. The van der Waals surface area contributed by atoms with E-state index >= 15 is 0 Å². The number of rotatable bonds is 2. The fourth-order valence-electron chi connectivity index (χ4n) is 2.01. The molecular formula is C16H8BrFN2O. The van der Waals surface area contributed by atoms with E-state index in [1.54, 1.807) is 6.07 Å². The number of halogens is 2. The third kappa shape index (κ3) is 2.71. The maximum absolute atomic E-state index is 13.4. The van der Waals surface area contributed by atoms with Crippen LogP contribution in [0.4, 0.5) is 4.39 Å². The molecule has 0 N–H and O–H groups in total. The summed E-state index contributed by atoms with van der Waals surface area (Å²) in [5.41, 5.74) is 1.01. The smallest absolute Gasteiger partial charge is 0.156 e. The Morgan fingerprint density at radius 1 is 1.19 bits per heavy atom. The quantitative estimate of drug-likeness (QED) is 0.671. The predicted octanol–water partition coefficient (Wildman–Crippen LogP) is 4.80. The molecule has 0 spiro atoms.